The monoisotopic (exact) mass is 212 g/mol. The van der Waals surface area contributed by atoms with E-state index in [-0.39, 0.29) is 17.5 Å². The molecule has 1 heterocycles. The van der Waals surface area contributed by atoms with Gasteiger partial charge in [-0.2, -0.15) is 0 Å². The molecule has 4 nitrogen and oxygen atoms in total. The smallest absolute Gasteiger partial charge is 0.374 e. The zero-order chi connectivity index (χ0) is 10.8. The van der Waals surface area contributed by atoms with Gasteiger partial charge in [0.15, 0.2) is 0 Å². The standard InChI is InChI=1S/C9H16N2O2Si/c1-7(14(2,3)4)13-9(12)8-10-5-6-11-8/h5-7H,1-4H3,(H,10,11). The maximum absolute atomic E-state index is 11.5. The second kappa shape index (κ2) is 3.96. The molecule has 0 amide bonds. The number of carbonyl (C=O) groups is 1. The Morgan fingerprint density at radius 3 is 2.64 bits per heavy atom. The van der Waals surface area contributed by atoms with E-state index in [1.165, 1.54) is 6.20 Å². The van der Waals surface area contributed by atoms with Crippen LogP contribution < -0.4 is 0 Å². The fourth-order valence-corrected chi connectivity index (χ4v) is 1.23. The van der Waals surface area contributed by atoms with Crippen molar-refractivity contribution in [2.45, 2.75) is 32.3 Å². The van der Waals surface area contributed by atoms with Gasteiger partial charge < -0.3 is 9.72 Å². The lowest BCUT2D eigenvalue weighted by atomic mass is 10.6. The van der Waals surface area contributed by atoms with Gasteiger partial charge in [0, 0.05) is 12.4 Å². The largest absolute Gasteiger partial charge is 0.461 e. The lowest BCUT2D eigenvalue weighted by Gasteiger charge is -2.24. The number of carbonyl (C=O) groups excluding carboxylic acids is 1. The molecule has 0 aliphatic heterocycles. The number of imidazole rings is 1. The van der Waals surface area contributed by atoms with E-state index in [9.17, 15) is 4.79 Å². The van der Waals surface area contributed by atoms with Crippen LogP contribution in [0.4, 0.5) is 0 Å². The van der Waals surface area contributed by atoms with Crippen LogP contribution in [0.15, 0.2) is 12.4 Å². The third-order valence-electron chi connectivity index (χ3n) is 2.19. The van der Waals surface area contributed by atoms with E-state index in [1.54, 1.807) is 6.20 Å². The van der Waals surface area contributed by atoms with Gasteiger partial charge in [-0.25, -0.2) is 9.78 Å². The maximum atomic E-state index is 11.5. The van der Waals surface area contributed by atoms with Crippen LogP contribution in [0.1, 0.15) is 17.5 Å². The fourth-order valence-electron chi connectivity index (χ4n) is 0.770. The van der Waals surface area contributed by atoms with E-state index in [0.717, 1.165) is 0 Å². The van der Waals surface area contributed by atoms with Gasteiger partial charge in [-0.1, -0.05) is 19.6 Å². The fraction of sp³-hybridized carbons (Fsp3) is 0.556. The normalized spacial score (nSPS) is 13.7. The van der Waals surface area contributed by atoms with E-state index >= 15 is 0 Å². The van der Waals surface area contributed by atoms with E-state index in [1.807, 2.05) is 6.92 Å². The quantitative estimate of drug-likeness (QED) is 0.614. The molecular formula is C9H16N2O2Si. The van der Waals surface area contributed by atoms with Crippen LogP contribution in [0.5, 0.6) is 0 Å². The van der Waals surface area contributed by atoms with E-state index in [4.69, 9.17) is 4.74 Å². The number of esters is 1. The van der Waals surface area contributed by atoms with Crippen LogP contribution in [0.2, 0.25) is 19.6 Å². The molecule has 1 aromatic heterocycles. The number of nitrogens with zero attached hydrogens (tertiary/aromatic N) is 1. The zero-order valence-electron chi connectivity index (χ0n) is 9.00. The summed E-state index contributed by atoms with van der Waals surface area (Å²) in [6, 6.07) is 0. The summed E-state index contributed by atoms with van der Waals surface area (Å²) in [5.41, 5.74) is 0.0000926. The number of hydrogen-bond acceptors (Lipinski definition) is 3. The van der Waals surface area contributed by atoms with Crippen molar-refractivity contribution in [2.75, 3.05) is 0 Å². The molecule has 1 N–H and O–H groups in total. The molecule has 0 aliphatic rings. The number of rotatable bonds is 3. The molecule has 14 heavy (non-hydrogen) atoms. The van der Waals surface area contributed by atoms with Gasteiger partial charge >= 0.3 is 5.97 Å². The van der Waals surface area contributed by atoms with Crippen molar-refractivity contribution in [2.24, 2.45) is 0 Å². The highest BCUT2D eigenvalue weighted by Crippen LogP contribution is 2.12. The highest BCUT2D eigenvalue weighted by Gasteiger charge is 2.27. The number of H-pyrrole nitrogens is 1. The maximum Gasteiger partial charge on any atom is 0.374 e. The Morgan fingerprint density at radius 1 is 1.57 bits per heavy atom. The van der Waals surface area contributed by atoms with E-state index in [0.29, 0.717) is 0 Å². The SMILES string of the molecule is CC(OC(=O)c1ncc[nH]1)[Si](C)(C)C. The van der Waals surface area contributed by atoms with Crippen LogP contribution >= 0.6 is 0 Å². The summed E-state index contributed by atoms with van der Waals surface area (Å²) in [7, 11) is -1.42. The van der Waals surface area contributed by atoms with Gasteiger partial charge in [-0.15, -0.1) is 0 Å². The van der Waals surface area contributed by atoms with Gasteiger partial charge in [0.05, 0.1) is 13.8 Å². The first-order chi connectivity index (χ1) is 6.41. The van der Waals surface area contributed by atoms with Gasteiger partial charge in [0.1, 0.15) is 0 Å². The predicted molar refractivity (Wildman–Crippen MR) is 56.8 cm³/mol. The molecular weight excluding hydrogens is 196 g/mol. The highest BCUT2D eigenvalue weighted by molar-refractivity contribution is 6.77. The van der Waals surface area contributed by atoms with Crippen molar-refractivity contribution >= 4 is 14.0 Å². The summed E-state index contributed by atoms with van der Waals surface area (Å²) >= 11 is 0. The predicted octanol–water partition coefficient (Wildman–Crippen LogP) is 1.83. The first kappa shape index (κ1) is 11.0. The summed E-state index contributed by atoms with van der Waals surface area (Å²) in [5.74, 6) is -0.0972. The number of nitrogens with one attached hydrogen (secondary N) is 1. The average molecular weight is 212 g/mol. The van der Waals surface area contributed by atoms with Gasteiger partial charge in [0.2, 0.25) is 5.82 Å². The molecule has 0 bridgehead atoms. The molecule has 0 aromatic carbocycles. The minimum Gasteiger partial charge on any atom is -0.461 e. The molecule has 0 aliphatic carbocycles. The van der Waals surface area contributed by atoms with Gasteiger partial charge in [0.25, 0.3) is 0 Å². The molecule has 1 unspecified atom stereocenters. The topological polar surface area (TPSA) is 55.0 Å². The second-order valence-corrected chi connectivity index (χ2v) is 9.90. The van der Waals surface area contributed by atoms with Crippen LogP contribution in [0, 0.1) is 0 Å². The minimum absolute atomic E-state index is 0.0000926. The average Bonchev–Trinajstić information content (AvgIpc) is 2.53. The highest BCUT2D eigenvalue weighted by atomic mass is 28.3. The number of aromatic amines is 1. The summed E-state index contributed by atoms with van der Waals surface area (Å²) in [5, 5.41) is 0. The summed E-state index contributed by atoms with van der Waals surface area (Å²) < 4.78 is 5.29. The Hall–Kier alpha value is -1.10. The van der Waals surface area contributed by atoms with Crippen LogP contribution in [-0.2, 0) is 4.74 Å². The van der Waals surface area contributed by atoms with Crippen molar-refractivity contribution in [3.63, 3.8) is 0 Å². The molecule has 0 saturated carbocycles. The van der Waals surface area contributed by atoms with E-state index in [2.05, 4.69) is 29.6 Å². The third-order valence-corrected chi connectivity index (χ3v) is 4.75. The summed E-state index contributed by atoms with van der Waals surface area (Å²) in [6.45, 7) is 8.42. The molecule has 0 fully saturated rings. The Labute approximate surface area is 84.7 Å². The Balaban J connectivity index is 2.58. The molecule has 1 atom stereocenters. The number of aromatic nitrogens is 2. The second-order valence-electron chi connectivity index (χ2n) is 4.35. The lowest BCUT2D eigenvalue weighted by Crippen LogP contribution is -2.39. The van der Waals surface area contributed by atoms with Gasteiger partial charge in [-0.05, 0) is 6.92 Å². The number of hydrogen-bond donors (Lipinski definition) is 1. The molecule has 0 spiro atoms. The third kappa shape index (κ3) is 2.70. The van der Waals surface area contributed by atoms with Crippen LogP contribution in [-0.4, -0.2) is 29.7 Å². The van der Waals surface area contributed by atoms with Crippen LogP contribution in [0.3, 0.4) is 0 Å². The molecule has 5 heteroatoms. The van der Waals surface area contributed by atoms with Crippen molar-refractivity contribution in [1.29, 1.82) is 0 Å². The number of ether oxygens (including phenoxy) is 1. The first-order valence-corrected chi connectivity index (χ1v) is 8.19. The molecule has 78 valence electrons. The zero-order valence-corrected chi connectivity index (χ0v) is 10.00. The summed E-state index contributed by atoms with van der Waals surface area (Å²) in [6.07, 6.45) is 3.14. The molecule has 1 aromatic rings. The van der Waals surface area contributed by atoms with Crippen LogP contribution in [0.25, 0.3) is 0 Å². The van der Waals surface area contributed by atoms with Gasteiger partial charge in [-0.3, -0.25) is 0 Å². The van der Waals surface area contributed by atoms with E-state index < -0.39 is 8.07 Å². The van der Waals surface area contributed by atoms with Crippen molar-refractivity contribution in [3.8, 4) is 0 Å². The Morgan fingerprint density at radius 2 is 2.21 bits per heavy atom. The lowest BCUT2D eigenvalue weighted by molar-refractivity contribution is 0.0442. The van der Waals surface area contributed by atoms with Crippen molar-refractivity contribution < 1.29 is 9.53 Å². The first-order valence-electron chi connectivity index (χ1n) is 4.61. The molecule has 0 radical (unpaired) electrons. The Kier molecular flexibility index (Phi) is 3.10. The summed E-state index contributed by atoms with van der Waals surface area (Å²) in [4.78, 5) is 18.0. The van der Waals surface area contributed by atoms with Crippen molar-refractivity contribution in [1.82, 2.24) is 9.97 Å². The molecule has 0 saturated heterocycles. The Bertz CT molecular complexity index is 303. The minimum atomic E-state index is -1.42. The van der Waals surface area contributed by atoms with Crippen molar-refractivity contribution in [3.05, 3.63) is 18.2 Å². The molecule has 1 rings (SSSR count).